The molecule has 0 fully saturated rings. The van der Waals surface area contributed by atoms with Crippen LogP contribution >= 0.6 is 0 Å². The largest absolute Gasteiger partial charge is 0.462 e. The van der Waals surface area contributed by atoms with Crippen molar-refractivity contribution in [2.45, 2.75) is 258 Å². The predicted octanol–water partition coefficient (Wildman–Crippen LogP) is 23.0. The minimum Gasteiger partial charge on any atom is -0.462 e. The van der Waals surface area contributed by atoms with Gasteiger partial charge in [-0.25, -0.2) is 0 Å². The Morgan fingerprint density at radius 1 is 0.253 bits per heavy atom. The minimum atomic E-state index is -0.820. The van der Waals surface area contributed by atoms with Crippen molar-refractivity contribution in [1.29, 1.82) is 0 Å². The maximum atomic E-state index is 12.9. The molecule has 462 valence electrons. The summed E-state index contributed by atoms with van der Waals surface area (Å²) in [6.45, 7) is 6.32. The Hall–Kier alpha value is -5.75. The van der Waals surface area contributed by atoms with Gasteiger partial charge in [0.15, 0.2) is 6.10 Å². The van der Waals surface area contributed by atoms with Gasteiger partial charge in [0, 0.05) is 19.3 Å². The lowest BCUT2D eigenvalue weighted by atomic mass is 10.1. The van der Waals surface area contributed by atoms with Crippen LogP contribution in [0.15, 0.2) is 194 Å². The molecule has 0 saturated heterocycles. The van der Waals surface area contributed by atoms with Gasteiger partial charge in [-0.1, -0.05) is 279 Å². The highest BCUT2D eigenvalue weighted by Crippen LogP contribution is 2.13. The number of hydrogen-bond donors (Lipinski definition) is 0. The first-order chi connectivity index (χ1) is 41.0. The van der Waals surface area contributed by atoms with Crippen molar-refractivity contribution in [2.75, 3.05) is 13.2 Å². The van der Waals surface area contributed by atoms with Crippen LogP contribution in [-0.2, 0) is 28.6 Å². The summed E-state index contributed by atoms with van der Waals surface area (Å²) in [6.07, 6.45) is 105. The molecular formula is C77H118O6. The van der Waals surface area contributed by atoms with Crippen molar-refractivity contribution < 1.29 is 28.6 Å². The van der Waals surface area contributed by atoms with Crippen molar-refractivity contribution >= 4 is 17.9 Å². The van der Waals surface area contributed by atoms with Crippen molar-refractivity contribution in [3.8, 4) is 0 Å². The molecule has 0 aromatic carbocycles. The van der Waals surface area contributed by atoms with Crippen LogP contribution in [0, 0.1) is 0 Å². The zero-order chi connectivity index (χ0) is 59.9. The van der Waals surface area contributed by atoms with Gasteiger partial charge < -0.3 is 14.2 Å². The first-order valence-electron chi connectivity index (χ1n) is 32.9. The summed E-state index contributed by atoms with van der Waals surface area (Å²) in [4.78, 5) is 38.2. The normalized spacial score (nSPS) is 13.4. The topological polar surface area (TPSA) is 78.9 Å². The number of carbonyl (C=O) groups is 3. The van der Waals surface area contributed by atoms with E-state index in [-0.39, 0.29) is 44.0 Å². The minimum absolute atomic E-state index is 0.111. The van der Waals surface area contributed by atoms with E-state index >= 15 is 0 Å². The molecule has 0 amide bonds. The van der Waals surface area contributed by atoms with Crippen molar-refractivity contribution in [3.05, 3.63) is 194 Å². The molecule has 0 aromatic rings. The monoisotopic (exact) mass is 1140 g/mol. The summed E-state index contributed by atoms with van der Waals surface area (Å²) in [5.41, 5.74) is 0. The van der Waals surface area contributed by atoms with Gasteiger partial charge in [0.25, 0.3) is 0 Å². The maximum absolute atomic E-state index is 12.9. The zero-order valence-corrected chi connectivity index (χ0v) is 52.9. The molecule has 6 nitrogen and oxygen atoms in total. The standard InChI is InChI=1S/C77H118O6/c1-4-7-10-13-16-19-21-23-25-27-29-31-33-34-35-36-37-38-39-40-41-42-44-45-47-49-51-53-55-58-61-64-67-70-76(79)82-73-74(72-81-75(78)69-66-63-60-57-18-15-12-9-6-3)83-77(80)71-68-65-62-59-56-54-52-50-48-46-43-32-30-28-26-24-22-20-17-14-11-8-5-2/h7-8,10-11,16-17,19-20,23-26,29-32,34-35,37-38,40-41,44-46,48-49,51-52,54-55,58,74H,4-6,9,12-15,18,21-22,27-28,33,36,39,42-43,47,50,53,56-57,59-73H2,1-3H3/b10-7-,11-8-,19-16-,20-17-,25-23-,26-24-,31-29-,32-30-,35-34-,38-37-,41-40-,45-44-,48-46-,51-49-,54-52-,58-55-. The van der Waals surface area contributed by atoms with Crippen molar-refractivity contribution in [2.24, 2.45) is 0 Å². The number of esters is 3. The Balaban J connectivity index is 4.39. The van der Waals surface area contributed by atoms with E-state index in [1.807, 2.05) is 0 Å². The van der Waals surface area contributed by atoms with Gasteiger partial charge in [-0.2, -0.15) is 0 Å². The highest BCUT2D eigenvalue weighted by Gasteiger charge is 2.19. The summed E-state index contributed by atoms with van der Waals surface area (Å²) in [5, 5.41) is 0. The van der Waals surface area contributed by atoms with Gasteiger partial charge in [0.1, 0.15) is 13.2 Å². The van der Waals surface area contributed by atoms with E-state index in [9.17, 15) is 14.4 Å². The molecule has 0 aliphatic carbocycles. The molecule has 0 spiro atoms. The lowest BCUT2D eigenvalue weighted by Gasteiger charge is -2.18. The molecule has 0 bridgehead atoms. The number of allylic oxidation sites excluding steroid dienone is 32. The van der Waals surface area contributed by atoms with Crippen LogP contribution in [0.25, 0.3) is 0 Å². The summed E-state index contributed by atoms with van der Waals surface area (Å²) in [7, 11) is 0. The molecule has 0 rings (SSSR count). The summed E-state index contributed by atoms with van der Waals surface area (Å²) >= 11 is 0. The molecule has 1 unspecified atom stereocenters. The average molecular weight is 1140 g/mol. The second kappa shape index (κ2) is 68.7. The average Bonchev–Trinajstić information content (AvgIpc) is 3.49. The lowest BCUT2D eigenvalue weighted by Crippen LogP contribution is -2.30. The molecular weight excluding hydrogens is 1020 g/mol. The van der Waals surface area contributed by atoms with Gasteiger partial charge >= 0.3 is 17.9 Å². The highest BCUT2D eigenvalue weighted by atomic mass is 16.6. The van der Waals surface area contributed by atoms with E-state index in [2.05, 4.69) is 215 Å². The summed E-state index contributed by atoms with van der Waals surface area (Å²) < 4.78 is 16.8. The van der Waals surface area contributed by atoms with Gasteiger partial charge in [-0.05, 0) is 148 Å². The number of hydrogen-bond acceptors (Lipinski definition) is 6. The van der Waals surface area contributed by atoms with Gasteiger partial charge in [-0.3, -0.25) is 14.4 Å². The highest BCUT2D eigenvalue weighted by molar-refractivity contribution is 5.71. The third-order valence-electron chi connectivity index (χ3n) is 13.1. The van der Waals surface area contributed by atoms with Crippen LogP contribution < -0.4 is 0 Å². The number of carbonyl (C=O) groups excluding carboxylic acids is 3. The van der Waals surface area contributed by atoms with E-state index < -0.39 is 6.10 Å². The van der Waals surface area contributed by atoms with E-state index in [4.69, 9.17) is 14.2 Å². The number of unbranched alkanes of at least 4 members (excludes halogenated alkanes) is 14. The van der Waals surface area contributed by atoms with E-state index in [0.717, 1.165) is 167 Å². The summed E-state index contributed by atoms with van der Waals surface area (Å²) in [6, 6.07) is 0. The van der Waals surface area contributed by atoms with Crippen LogP contribution in [-0.4, -0.2) is 37.2 Å². The van der Waals surface area contributed by atoms with E-state index in [1.54, 1.807) is 0 Å². The van der Waals surface area contributed by atoms with Crippen molar-refractivity contribution in [1.82, 2.24) is 0 Å². The summed E-state index contributed by atoms with van der Waals surface area (Å²) in [5.74, 6) is -0.994. The molecule has 1 atom stereocenters. The fourth-order valence-electron chi connectivity index (χ4n) is 8.24. The third kappa shape index (κ3) is 66.9. The second-order valence-electron chi connectivity index (χ2n) is 20.9. The number of rotatable bonds is 57. The van der Waals surface area contributed by atoms with E-state index in [0.29, 0.717) is 12.8 Å². The van der Waals surface area contributed by atoms with Gasteiger partial charge in [-0.15, -0.1) is 0 Å². The molecule has 0 saturated carbocycles. The first kappa shape index (κ1) is 77.2. The van der Waals surface area contributed by atoms with E-state index in [1.165, 1.54) is 38.5 Å². The molecule has 0 heterocycles. The molecule has 0 aromatic heterocycles. The SMILES string of the molecule is CC/C=C\C/C=C\C/C=C\C/C=C\C/C=C\C/C=C\C/C=C\C/C=C\C/C=C\C/C=C\CCCCC(=O)OCC(COC(=O)CCCCCCCCCCC)OC(=O)CCCCCC/C=C\C/C=C\C/C=C\C/C=C\C/C=C\C/C=C\CC. The second-order valence-corrected chi connectivity index (χ2v) is 20.9. The molecule has 0 N–H and O–H groups in total. The third-order valence-corrected chi connectivity index (χ3v) is 13.1. The fraction of sp³-hybridized carbons (Fsp3) is 0.545. The molecule has 0 radical (unpaired) electrons. The van der Waals surface area contributed by atoms with Crippen LogP contribution in [0.2, 0.25) is 0 Å². The van der Waals surface area contributed by atoms with Gasteiger partial charge in [0.2, 0.25) is 0 Å². The molecule has 0 aliphatic heterocycles. The quantitative estimate of drug-likeness (QED) is 0.0261. The first-order valence-corrected chi connectivity index (χ1v) is 32.9. The van der Waals surface area contributed by atoms with Crippen LogP contribution in [0.4, 0.5) is 0 Å². The van der Waals surface area contributed by atoms with Gasteiger partial charge in [0.05, 0.1) is 0 Å². The number of ether oxygens (including phenoxy) is 3. The lowest BCUT2D eigenvalue weighted by molar-refractivity contribution is -0.167. The predicted molar refractivity (Wildman–Crippen MR) is 361 cm³/mol. The molecule has 83 heavy (non-hydrogen) atoms. The fourth-order valence-corrected chi connectivity index (χ4v) is 8.24. The Morgan fingerprint density at radius 2 is 0.470 bits per heavy atom. The zero-order valence-electron chi connectivity index (χ0n) is 52.9. The maximum Gasteiger partial charge on any atom is 0.306 e. The molecule has 6 heteroatoms. The van der Waals surface area contributed by atoms with Crippen LogP contribution in [0.3, 0.4) is 0 Å². The Morgan fingerprint density at radius 3 is 0.759 bits per heavy atom. The Kier molecular flexibility index (Phi) is 64.0. The van der Waals surface area contributed by atoms with Crippen LogP contribution in [0.5, 0.6) is 0 Å². The van der Waals surface area contributed by atoms with Crippen molar-refractivity contribution in [3.63, 3.8) is 0 Å². The van der Waals surface area contributed by atoms with Crippen LogP contribution in [0.1, 0.15) is 252 Å². The Bertz CT molecular complexity index is 1990. The Labute approximate surface area is 509 Å². The smallest absolute Gasteiger partial charge is 0.306 e. The molecule has 0 aliphatic rings.